The van der Waals surface area contributed by atoms with Crippen molar-refractivity contribution in [3.63, 3.8) is 0 Å². The summed E-state index contributed by atoms with van der Waals surface area (Å²) in [4.78, 5) is 4.38. The maximum Gasteiger partial charge on any atom is 0.0746 e. The molecular weight excluding hydrogens is 326 g/mol. The highest BCUT2D eigenvalue weighted by Gasteiger charge is 2.09. The molecule has 0 aliphatic rings. The lowest BCUT2D eigenvalue weighted by molar-refractivity contribution is 1.33. The van der Waals surface area contributed by atoms with Gasteiger partial charge in [-0.2, -0.15) is 0 Å². The molecule has 4 heteroatoms. The van der Waals surface area contributed by atoms with Crippen molar-refractivity contribution in [1.82, 2.24) is 4.98 Å². The van der Waals surface area contributed by atoms with E-state index in [2.05, 4.69) is 52.2 Å². The van der Waals surface area contributed by atoms with Gasteiger partial charge >= 0.3 is 0 Å². The molecule has 1 aromatic heterocycles. The van der Waals surface area contributed by atoms with Crippen LogP contribution in [0.1, 0.15) is 11.1 Å². The normalized spacial score (nSPS) is 10.8. The second-order valence-corrected chi connectivity index (χ2v) is 6.04. The van der Waals surface area contributed by atoms with Gasteiger partial charge in [0.05, 0.1) is 23.1 Å². The van der Waals surface area contributed by atoms with Crippen LogP contribution in [-0.4, -0.2) is 4.98 Å². The summed E-state index contributed by atoms with van der Waals surface area (Å²) in [6.07, 6.45) is 1.70. The first-order chi connectivity index (χ1) is 10.1. The van der Waals surface area contributed by atoms with E-state index in [1.807, 2.05) is 24.3 Å². The highest BCUT2D eigenvalue weighted by atomic mass is 79.9. The van der Waals surface area contributed by atoms with E-state index >= 15 is 0 Å². The molecule has 0 aliphatic heterocycles. The highest BCUT2D eigenvalue weighted by Crippen LogP contribution is 2.33. The van der Waals surface area contributed by atoms with E-state index in [0.717, 1.165) is 26.8 Å². The van der Waals surface area contributed by atoms with Crippen molar-refractivity contribution in [1.29, 1.82) is 0 Å². The minimum atomic E-state index is 0.640. The number of rotatable bonds is 2. The summed E-state index contributed by atoms with van der Waals surface area (Å²) in [7, 11) is 0. The molecule has 0 bridgehead atoms. The number of anilines is 3. The van der Waals surface area contributed by atoms with Gasteiger partial charge in [-0.3, -0.25) is 4.98 Å². The average Bonchev–Trinajstić information content (AvgIpc) is 2.46. The van der Waals surface area contributed by atoms with Crippen molar-refractivity contribution in [2.75, 3.05) is 11.1 Å². The second kappa shape index (κ2) is 5.37. The zero-order chi connectivity index (χ0) is 15.0. The summed E-state index contributed by atoms with van der Waals surface area (Å²) in [6.45, 7) is 4.21. The Morgan fingerprint density at radius 1 is 1.14 bits per heavy atom. The molecule has 1 heterocycles. The Balaban J connectivity index is 2.18. The summed E-state index contributed by atoms with van der Waals surface area (Å²) in [6, 6.07) is 12.2. The second-order valence-electron chi connectivity index (χ2n) is 5.12. The maximum atomic E-state index is 6.13. The van der Waals surface area contributed by atoms with Gasteiger partial charge in [-0.1, -0.05) is 28.1 Å². The highest BCUT2D eigenvalue weighted by molar-refractivity contribution is 9.10. The molecule has 3 N–H and O–H groups in total. The SMILES string of the molecule is Cc1cccc(Nc2c(N)cnc3ccc(Br)cc23)c1C. The Morgan fingerprint density at radius 3 is 2.76 bits per heavy atom. The fourth-order valence-electron chi connectivity index (χ4n) is 2.34. The third-order valence-corrected chi connectivity index (χ3v) is 4.22. The lowest BCUT2D eigenvalue weighted by Crippen LogP contribution is -2.00. The average molecular weight is 342 g/mol. The third-order valence-electron chi connectivity index (χ3n) is 3.72. The van der Waals surface area contributed by atoms with Gasteiger partial charge in [0.25, 0.3) is 0 Å². The predicted octanol–water partition coefficient (Wildman–Crippen LogP) is 4.94. The van der Waals surface area contributed by atoms with Crippen LogP contribution < -0.4 is 11.1 Å². The zero-order valence-electron chi connectivity index (χ0n) is 11.9. The quantitative estimate of drug-likeness (QED) is 0.693. The molecule has 2 aromatic carbocycles. The maximum absolute atomic E-state index is 6.13. The van der Waals surface area contributed by atoms with Crippen molar-refractivity contribution in [3.05, 3.63) is 58.2 Å². The number of aryl methyl sites for hydroxylation is 1. The molecule has 0 amide bonds. The summed E-state index contributed by atoms with van der Waals surface area (Å²) in [5.41, 5.74) is 12.1. The molecule has 21 heavy (non-hydrogen) atoms. The first-order valence-corrected chi connectivity index (χ1v) is 7.52. The Labute approximate surface area is 132 Å². The number of nitrogen functional groups attached to an aromatic ring is 1. The lowest BCUT2D eigenvalue weighted by atomic mass is 10.1. The molecule has 3 nitrogen and oxygen atoms in total. The van der Waals surface area contributed by atoms with Crippen molar-refractivity contribution >= 4 is 43.9 Å². The van der Waals surface area contributed by atoms with Crippen LogP contribution in [0.25, 0.3) is 10.9 Å². The van der Waals surface area contributed by atoms with Crippen LogP contribution in [0, 0.1) is 13.8 Å². The number of nitrogens with one attached hydrogen (secondary N) is 1. The van der Waals surface area contributed by atoms with Gasteiger partial charge in [0.2, 0.25) is 0 Å². The summed E-state index contributed by atoms with van der Waals surface area (Å²) < 4.78 is 1.01. The molecule has 0 aliphatic carbocycles. The standard InChI is InChI=1S/C17H16BrN3/c1-10-4-3-5-15(11(10)2)21-17-13-8-12(18)6-7-16(13)20-9-14(17)19/h3-9H,19H2,1-2H3,(H,20,21). The molecule has 3 rings (SSSR count). The van der Waals surface area contributed by atoms with E-state index < -0.39 is 0 Å². The summed E-state index contributed by atoms with van der Waals surface area (Å²) >= 11 is 3.51. The number of nitrogens with zero attached hydrogens (tertiary/aromatic N) is 1. The van der Waals surface area contributed by atoms with Gasteiger partial charge < -0.3 is 11.1 Å². The molecule has 0 radical (unpaired) electrons. The number of hydrogen-bond acceptors (Lipinski definition) is 3. The van der Waals surface area contributed by atoms with Crippen LogP contribution in [0.5, 0.6) is 0 Å². The van der Waals surface area contributed by atoms with Crippen LogP contribution in [0.15, 0.2) is 47.1 Å². The van der Waals surface area contributed by atoms with Crippen LogP contribution in [0.2, 0.25) is 0 Å². The van der Waals surface area contributed by atoms with Gasteiger partial charge in [0.1, 0.15) is 0 Å². The molecule has 0 saturated heterocycles. The summed E-state index contributed by atoms with van der Waals surface area (Å²) in [5.74, 6) is 0. The first-order valence-electron chi connectivity index (χ1n) is 6.73. The molecule has 0 unspecified atom stereocenters. The van der Waals surface area contributed by atoms with Gasteiger partial charge in [-0.15, -0.1) is 0 Å². The predicted molar refractivity (Wildman–Crippen MR) is 93.1 cm³/mol. The Bertz CT molecular complexity index is 822. The number of aromatic nitrogens is 1. The van der Waals surface area contributed by atoms with E-state index in [1.165, 1.54) is 11.1 Å². The summed E-state index contributed by atoms with van der Waals surface area (Å²) in [5, 5.41) is 4.47. The van der Waals surface area contributed by atoms with Crippen molar-refractivity contribution in [3.8, 4) is 0 Å². The monoisotopic (exact) mass is 341 g/mol. The zero-order valence-corrected chi connectivity index (χ0v) is 13.5. The minimum absolute atomic E-state index is 0.640. The number of halogens is 1. The van der Waals surface area contributed by atoms with Gasteiger partial charge in [0, 0.05) is 15.5 Å². The van der Waals surface area contributed by atoms with E-state index in [9.17, 15) is 0 Å². The van der Waals surface area contributed by atoms with Crippen molar-refractivity contribution < 1.29 is 0 Å². The lowest BCUT2D eigenvalue weighted by Gasteiger charge is -2.15. The minimum Gasteiger partial charge on any atom is -0.396 e. The third kappa shape index (κ3) is 2.59. The van der Waals surface area contributed by atoms with Crippen LogP contribution in [0.3, 0.4) is 0 Å². The van der Waals surface area contributed by atoms with Crippen LogP contribution in [-0.2, 0) is 0 Å². The molecule has 0 saturated carbocycles. The van der Waals surface area contributed by atoms with E-state index in [1.54, 1.807) is 6.20 Å². The molecule has 106 valence electrons. The van der Waals surface area contributed by atoms with E-state index in [4.69, 9.17) is 5.73 Å². The molecular formula is C17H16BrN3. The Kier molecular flexibility index (Phi) is 3.55. The van der Waals surface area contributed by atoms with E-state index in [-0.39, 0.29) is 0 Å². The van der Waals surface area contributed by atoms with Gasteiger partial charge in [-0.05, 0) is 49.2 Å². The first kappa shape index (κ1) is 13.9. The fraction of sp³-hybridized carbons (Fsp3) is 0.118. The van der Waals surface area contributed by atoms with Crippen molar-refractivity contribution in [2.45, 2.75) is 13.8 Å². The number of nitrogens with two attached hydrogens (primary N) is 1. The van der Waals surface area contributed by atoms with Gasteiger partial charge in [0.15, 0.2) is 0 Å². The van der Waals surface area contributed by atoms with Crippen LogP contribution in [0.4, 0.5) is 17.1 Å². The number of fused-ring (bicyclic) bond motifs is 1. The van der Waals surface area contributed by atoms with Crippen molar-refractivity contribution in [2.24, 2.45) is 0 Å². The smallest absolute Gasteiger partial charge is 0.0746 e. The number of hydrogen-bond donors (Lipinski definition) is 2. The largest absolute Gasteiger partial charge is 0.396 e. The van der Waals surface area contributed by atoms with Crippen LogP contribution >= 0.6 is 15.9 Å². The number of pyridine rings is 1. The van der Waals surface area contributed by atoms with Gasteiger partial charge in [-0.25, -0.2) is 0 Å². The molecule has 3 aromatic rings. The Hall–Kier alpha value is -2.07. The van der Waals surface area contributed by atoms with E-state index in [0.29, 0.717) is 5.69 Å². The molecule has 0 atom stereocenters. The topological polar surface area (TPSA) is 50.9 Å². The fourth-order valence-corrected chi connectivity index (χ4v) is 2.70. The number of benzene rings is 2. The molecule has 0 fully saturated rings. The Morgan fingerprint density at radius 2 is 1.95 bits per heavy atom. The molecule has 0 spiro atoms.